The first-order valence-electron chi connectivity index (χ1n) is 44.2. The fourth-order valence-corrected chi connectivity index (χ4v) is 14.1. The predicted octanol–water partition coefficient (Wildman–Crippen LogP) is 28.5. The number of carboxylic acids is 1. The smallest absolute Gasteiger partial charge is 0.361 e. The van der Waals surface area contributed by atoms with Gasteiger partial charge in [-0.1, -0.05) is 463 Å². The minimum atomic E-state index is -1.51. The van der Waals surface area contributed by atoms with Gasteiger partial charge < -0.3 is 28.5 Å². The van der Waals surface area contributed by atoms with Crippen LogP contribution in [0.25, 0.3) is 0 Å². The van der Waals surface area contributed by atoms with E-state index in [-0.39, 0.29) is 38.2 Å². The highest BCUT2D eigenvalue weighted by Crippen LogP contribution is 2.22. The van der Waals surface area contributed by atoms with Crippen LogP contribution in [0.4, 0.5) is 0 Å². The highest BCUT2D eigenvalue weighted by Gasteiger charge is 2.25. The summed E-state index contributed by atoms with van der Waals surface area (Å²) in [6, 6.07) is 0. The monoisotopic (exact) mass is 1370 g/mol. The molecule has 0 aromatic carbocycles. The number of esters is 2. The minimum absolute atomic E-state index is 0.171. The van der Waals surface area contributed by atoms with E-state index in [1.807, 2.05) is 21.1 Å². The molecule has 1 N–H and O–H groups in total. The second-order valence-corrected chi connectivity index (χ2v) is 31.9. The topological polar surface area (TPSA) is 108 Å². The second-order valence-electron chi connectivity index (χ2n) is 31.9. The average molecular weight is 1370 g/mol. The van der Waals surface area contributed by atoms with E-state index in [4.69, 9.17) is 18.9 Å². The van der Waals surface area contributed by atoms with E-state index < -0.39 is 18.4 Å². The Bertz CT molecular complexity index is 1550. The highest BCUT2D eigenvalue weighted by molar-refractivity contribution is 5.71. The summed E-state index contributed by atoms with van der Waals surface area (Å²) in [5.41, 5.74) is 0. The highest BCUT2D eigenvalue weighted by atomic mass is 16.7. The number of ether oxygens (including phenoxy) is 4. The van der Waals surface area contributed by atoms with Crippen LogP contribution >= 0.6 is 0 Å². The van der Waals surface area contributed by atoms with Crippen LogP contribution < -0.4 is 0 Å². The lowest BCUT2D eigenvalue weighted by Gasteiger charge is -2.25. The number of aliphatic carboxylic acids is 1. The van der Waals surface area contributed by atoms with E-state index in [2.05, 4.69) is 13.8 Å². The van der Waals surface area contributed by atoms with Crippen LogP contribution in [0.2, 0.25) is 0 Å². The molecule has 0 bridgehead atoms. The quantitative estimate of drug-likeness (QED) is 0.0278. The van der Waals surface area contributed by atoms with Crippen molar-refractivity contribution in [2.75, 3.05) is 47.5 Å². The molecule has 578 valence electrons. The molecule has 97 heavy (non-hydrogen) atoms. The molecule has 0 fully saturated rings. The first-order chi connectivity index (χ1) is 47.6. The number of unbranched alkanes of at least 4 members (excludes halogenated alkanes) is 70. The van der Waals surface area contributed by atoms with Gasteiger partial charge in [0.05, 0.1) is 34.4 Å². The molecule has 0 rings (SSSR count). The Hall–Kier alpha value is -1.71. The van der Waals surface area contributed by atoms with Crippen molar-refractivity contribution in [3.8, 4) is 0 Å². The number of carbonyl (C=O) groups is 3. The number of nitrogens with zero attached hydrogens (tertiary/aromatic N) is 1. The Balaban J connectivity index is 3.88. The minimum Gasteiger partial charge on any atom is -0.477 e. The molecule has 0 aromatic rings. The van der Waals surface area contributed by atoms with E-state index in [1.165, 1.54) is 424 Å². The molecule has 0 saturated heterocycles. The van der Waals surface area contributed by atoms with Crippen LogP contribution in [0.15, 0.2) is 0 Å². The normalized spacial score (nSPS) is 12.5. The third kappa shape index (κ3) is 81.5. The summed E-state index contributed by atoms with van der Waals surface area (Å²) in [5.74, 6) is -1.96. The van der Waals surface area contributed by atoms with E-state index in [1.54, 1.807) is 0 Å². The van der Waals surface area contributed by atoms with Gasteiger partial charge in [0.15, 0.2) is 6.10 Å². The number of carbonyl (C=O) groups excluding carboxylic acids is 2. The first-order valence-corrected chi connectivity index (χ1v) is 44.2. The number of quaternary nitrogens is 1. The Morgan fingerprint density at radius 2 is 0.464 bits per heavy atom. The maximum absolute atomic E-state index is 13.0. The van der Waals surface area contributed by atoms with Gasteiger partial charge in [0.1, 0.15) is 13.2 Å². The zero-order valence-electron chi connectivity index (χ0n) is 66.6. The third-order valence-corrected chi connectivity index (χ3v) is 20.9. The SMILES string of the molecule is CCCCCCCCCCCCCCCCCCCCCCCCCCCCCCCCCCCCCCCCCC(=O)OC(COC(=O)CCCCCCCCCCCCCCCCCCCCCCCCCCCCCCCCCCC)COC(OCC[N+](C)(C)C)C(=O)O. The van der Waals surface area contributed by atoms with E-state index in [0.717, 1.165) is 38.5 Å². The Labute approximate surface area is 606 Å². The largest absolute Gasteiger partial charge is 0.477 e. The summed E-state index contributed by atoms with van der Waals surface area (Å²) in [6.45, 7) is 4.99. The lowest BCUT2D eigenvalue weighted by molar-refractivity contribution is -0.870. The van der Waals surface area contributed by atoms with Crippen molar-refractivity contribution in [2.45, 2.75) is 501 Å². The van der Waals surface area contributed by atoms with E-state index >= 15 is 0 Å². The summed E-state index contributed by atoms with van der Waals surface area (Å²) in [4.78, 5) is 37.8. The summed E-state index contributed by atoms with van der Waals surface area (Å²) in [6.07, 6.45) is 97.4. The van der Waals surface area contributed by atoms with Crippen molar-refractivity contribution in [3.63, 3.8) is 0 Å². The second kappa shape index (κ2) is 80.0. The van der Waals surface area contributed by atoms with Crippen molar-refractivity contribution in [3.05, 3.63) is 0 Å². The third-order valence-electron chi connectivity index (χ3n) is 20.9. The van der Waals surface area contributed by atoms with Crippen LogP contribution in [0.3, 0.4) is 0 Å². The van der Waals surface area contributed by atoms with E-state index in [0.29, 0.717) is 17.4 Å². The molecule has 0 amide bonds. The summed E-state index contributed by atoms with van der Waals surface area (Å²) in [5, 5.41) is 9.79. The van der Waals surface area contributed by atoms with Crippen LogP contribution in [0, 0.1) is 0 Å². The van der Waals surface area contributed by atoms with Gasteiger partial charge in [-0.25, -0.2) is 4.79 Å². The lowest BCUT2D eigenvalue weighted by atomic mass is 10.0. The number of carboxylic acid groups (broad SMARTS) is 1. The predicted molar refractivity (Wildman–Crippen MR) is 420 cm³/mol. The number of rotatable bonds is 85. The van der Waals surface area contributed by atoms with Crippen molar-refractivity contribution >= 4 is 17.9 Å². The zero-order chi connectivity index (χ0) is 70.4. The lowest BCUT2D eigenvalue weighted by Crippen LogP contribution is -2.40. The van der Waals surface area contributed by atoms with Crippen molar-refractivity contribution < 1.29 is 42.9 Å². The first kappa shape index (κ1) is 95.3. The Morgan fingerprint density at radius 1 is 0.268 bits per heavy atom. The van der Waals surface area contributed by atoms with Gasteiger partial charge in [-0.15, -0.1) is 0 Å². The summed E-state index contributed by atoms with van der Waals surface area (Å²) in [7, 11) is 6.01. The van der Waals surface area contributed by atoms with Crippen LogP contribution in [0.1, 0.15) is 489 Å². The molecule has 9 heteroatoms. The van der Waals surface area contributed by atoms with Crippen molar-refractivity contribution in [1.29, 1.82) is 0 Å². The number of hydrogen-bond acceptors (Lipinski definition) is 7. The molecule has 0 aliphatic carbocycles. The van der Waals surface area contributed by atoms with Gasteiger partial charge in [-0.05, 0) is 12.8 Å². The number of likely N-dealkylation sites (N-methyl/N-ethyl adjacent to an activating group) is 1. The van der Waals surface area contributed by atoms with Crippen molar-refractivity contribution in [2.24, 2.45) is 0 Å². The average Bonchev–Trinajstić information content (AvgIpc) is 2.39. The van der Waals surface area contributed by atoms with Crippen LogP contribution in [-0.2, 0) is 33.3 Å². The molecule has 2 atom stereocenters. The maximum atomic E-state index is 13.0. The van der Waals surface area contributed by atoms with Crippen LogP contribution in [-0.4, -0.2) is 87.4 Å². The molecule has 9 nitrogen and oxygen atoms in total. The Morgan fingerprint density at radius 3 is 0.660 bits per heavy atom. The maximum Gasteiger partial charge on any atom is 0.361 e. The molecular formula is C88H174NO8+. The van der Waals surface area contributed by atoms with Gasteiger partial charge in [0, 0.05) is 12.8 Å². The standard InChI is InChI=1S/C88H173NO8/c1-6-8-10-12-14-16-18-20-22-24-26-28-30-32-34-36-38-40-41-42-43-44-45-47-49-51-53-55-57-59-61-63-65-67-69-71-73-75-77-79-86(91)97-84(83-96-88(87(92)93)94-81-80-89(3,4)5)82-95-85(90)78-76-74-72-70-68-66-64-62-60-58-56-54-52-50-48-46-39-37-35-33-31-29-27-25-23-21-19-17-15-13-11-9-7-2/h84,88H,6-83H2,1-5H3/p+1. The molecule has 0 heterocycles. The molecule has 0 spiro atoms. The van der Waals surface area contributed by atoms with Gasteiger partial charge in [-0.3, -0.25) is 9.59 Å². The van der Waals surface area contributed by atoms with Gasteiger partial charge in [-0.2, -0.15) is 0 Å². The molecule has 0 aliphatic rings. The molecular weight excluding hydrogens is 1200 g/mol. The molecule has 0 aromatic heterocycles. The van der Waals surface area contributed by atoms with E-state index in [9.17, 15) is 19.5 Å². The molecule has 0 radical (unpaired) electrons. The van der Waals surface area contributed by atoms with Gasteiger partial charge in [0.2, 0.25) is 0 Å². The van der Waals surface area contributed by atoms with Crippen molar-refractivity contribution in [1.82, 2.24) is 0 Å². The molecule has 2 unspecified atom stereocenters. The number of hydrogen-bond donors (Lipinski definition) is 1. The fourth-order valence-electron chi connectivity index (χ4n) is 14.1. The zero-order valence-corrected chi connectivity index (χ0v) is 66.6. The van der Waals surface area contributed by atoms with Gasteiger partial charge in [0.25, 0.3) is 6.29 Å². The summed E-state index contributed by atoms with van der Waals surface area (Å²) >= 11 is 0. The summed E-state index contributed by atoms with van der Waals surface area (Å²) < 4.78 is 23.1. The van der Waals surface area contributed by atoms with Gasteiger partial charge >= 0.3 is 17.9 Å². The van der Waals surface area contributed by atoms with Crippen LogP contribution in [0.5, 0.6) is 0 Å². The fraction of sp³-hybridized carbons (Fsp3) is 0.966. The Kier molecular flexibility index (Phi) is 78.6. The molecule has 0 aliphatic heterocycles. The molecule has 0 saturated carbocycles.